The van der Waals surface area contributed by atoms with Crippen LogP contribution in [0.5, 0.6) is 0 Å². The van der Waals surface area contributed by atoms with Gasteiger partial charge in [-0.15, -0.1) is 0 Å². The zero-order valence-electron chi connectivity index (χ0n) is 9.72. The first-order valence-electron chi connectivity index (χ1n) is 5.70. The van der Waals surface area contributed by atoms with Crippen LogP contribution < -0.4 is 0 Å². The summed E-state index contributed by atoms with van der Waals surface area (Å²) < 4.78 is 0. The van der Waals surface area contributed by atoms with E-state index in [1.165, 1.54) is 0 Å². The van der Waals surface area contributed by atoms with Gasteiger partial charge < -0.3 is 5.11 Å². The molecule has 1 N–H and O–H groups in total. The van der Waals surface area contributed by atoms with Gasteiger partial charge in [0.1, 0.15) is 0 Å². The maximum Gasteiger partial charge on any atom is 0.0962 e. The van der Waals surface area contributed by atoms with Gasteiger partial charge in [-0.1, -0.05) is 38.1 Å². The molecule has 2 heteroatoms. The molecule has 0 radical (unpaired) electrons. The summed E-state index contributed by atoms with van der Waals surface area (Å²) in [7, 11) is 0. The van der Waals surface area contributed by atoms with Crippen LogP contribution in [0.1, 0.15) is 32.1 Å². The van der Waals surface area contributed by atoms with E-state index in [1.807, 2.05) is 36.4 Å². The first-order valence-corrected chi connectivity index (χ1v) is 5.70. The number of rotatable bonds is 3. The second-order valence-electron chi connectivity index (χ2n) is 4.57. The summed E-state index contributed by atoms with van der Waals surface area (Å²) in [5.74, 6) is 0.475. The van der Waals surface area contributed by atoms with Crippen LogP contribution in [-0.2, 0) is 0 Å². The Morgan fingerprint density at radius 1 is 1.12 bits per heavy atom. The van der Waals surface area contributed by atoms with Gasteiger partial charge in [0.25, 0.3) is 0 Å². The lowest BCUT2D eigenvalue weighted by Crippen LogP contribution is -2.04. The Kier molecular flexibility index (Phi) is 3.20. The van der Waals surface area contributed by atoms with Crippen molar-refractivity contribution in [1.82, 2.24) is 4.98 Å². The number of aliphatic hydroxyl groups is 1. The van der Waals surface area contributed by atoms with Crippen molar-refractivity contribution in [3.8, 4) is 0 Å². The third kappa shape index (κ3) is 2.39. The number of aromatic nitrogens is 1. The van der Waals surface area contributed by atoms with E-state index in [0.717, 1.165) is 23.0 Å². The number of benzene rings is 1. The molecule has 0 amide bonds. The van der Waals surface area contributed by atoms with Gasteiger partial charge in [0.15, 0.2) is 0 Å². The Hall–Kier alpha value is -1.41. The quantitative estimate of drug-likeness (QED) is 0.852. The van der Waals surface area contributed by atoms with Crippen LogP contribution in [0.3, 0.4) is 0 Å². The third-order valence-corrected chi connectivity index (χ3v) is 2.66. The maximum absolute atomic E-state index is 9.99. The molecule has 0 fully saturated rings. The first-order chi connectivity index (χ1) is 7.66. The molecule has 0 saturated carbocycles. The fourth-order valence-electron chi connectivity index (χ4n) is 1.83. The highest BCUT2D eigenvalue weighted by molar-refractivity contribution is 5.78. The van der Waals surface area contributed by atoms with Crippen LogP contribution >= 0.6 is 0 Å². The van der Waals surface area contributed by atoms with Crippen molar-refractivity contribution in [3.63, 3.8) is 0 Å². The Balaban J connectivity index is 2.32. The maximum atomic E-state index is 9.99. The molecule has 1 aromatic carbocycles. The lowest BCUT2D eigenvalue weighted by Gasteiger charge is -2.12. The van der Waals surface area contributed by atoms with Crippen LogP contribution in [0.25, 0.3) is 10.9 Å². The summed E-state index contributed by atoms with van der Waals surface area (Å²) in [5.41, 5.74) is 1.72. The Morgan fingerprint density at radius 2 is 1.88 bits per heavy atom. The van der Waals surface area contributed by atoms with E-state index in [1.54, 1.807) is 0 Å². The molecule has 0 bridgehead atoms. The molecule has 1 aromatic heterocycles. The number of fused-ring (bicyclic) bond motifs is 1. The minimum atomic E-state index is -0.454. The van der Waals surface area contributed by atoms with E-state index in [2.05, 4.69) is 18.8 Å². The van der Waals surface area contributed by atoms with Gasteiger partial charge in [-0.2, -0.15) is 0 Å². The monoisotopic (exact) mass is 215 g/mol. The van der Waals surface area contributed by atoms with E-state index < -0.39 is 6.10 Å². The van der Waals surface area contributed by atoms with Gasteiger partial charge in [0.2, 0.25) is 0 Å². The van der Waals surface area contributed by atoms with E-state index in [9.17, 15) is 5.11 Å². The molecule has 0 aliphatic carbocycles. The van der Waals surface area contributed by atoms with Crippen molar-refractivity contribution in [3.05, 3.63) is 42.1 Å². The van der Waals surface area contributed by atoms with Crippen LogP contribution in [0.15, 0.2) is 36.4 Å². The van der Waals surface area contributed by atoms with Crippen LogP contribution in [0, 0.1) is 5.92 Å². The summed E-state index contributed by atoms with van der Waals surface area (Å²) in [5, 5.41) is 11.1. The van der Waals surface area contributed by atoms with Crippen molar-refractivity contribution >= 4 is 10.9 Å². The van der Waals surface area contributed by atoms with Gasteiger partial charge >= 0.3 is 0 Å². The van der Waals surface area contributed by atoms with Gasteiger partial charge in [0, 0.05) is 5.39 Å². The SMILES string of the molecule is CC(C)CC(O)c1ccc2ccccc2n1. The minimum Gasteiger partial charge on any atom is -0.387 e. The summed E-state index contributed by atoms with van der Waals surface area (Å²) in [6.07, 6.45) is 0.301. The number of pyridine rings is 1. The fraction of sp³-hybridized carbons (Fsp3) is 0.357. The molecule has 16 heavy (non-hydrogen) atoms. The highest BCUT2D eigenvalue weighted by Gasteiger charge is 2.11. The Morgan fingerprint density at radius 3 is 2.62 bits per heavy atom. The van der Waals surface area contributed by atoms with Crippen molar-refractivity contribution in [2.24, 2.45) is 5.92 Å². The molecular weight excluding hydrogens is 198 g/mol. The number of nitrogens with zero attached hydrogens (tertiary/aromatic N) is 1. The molecular formula is C14H17NO. The Labute approximate surface area is 96.0 Å². The highest BCUT2D eigenvalue weighted by atomic mass is 16.3. The number of aliphatic hydroxyl groups excluding tert-OH is 1. The smallest absolute Gasteiger partial charge is 0.0962 e. The lowest BCUT2D eigenvalue weighted by molar-refractivity contribution is 0.147. The number of hydrogen-bond acceptors (Lipinski definition) is 2. The summed E-state index contributed by atoms with van der Waals surface area (Å²) in [6, 6.07) is 11.9. The topological polar surface area (TPSA) is 33.1 Å². The van der Waals surface area contributed by atoms with Gasteiger partial charge in [0.05, 0.1) is 17.3 Å². The summed E-state index contributed by atoms with van der Waals surface area (Å²) in [6.45, 7) is 4.20. The van der Waals surface area contributed by atoms with E-state index in [-0.39, 0.29) is 0 Å². The zero-order chi connectivity index (χ0) is 11.5. The van der Waals surface area contributed by atoms with Gasteiger partial charge in [-0.3, -0.25) is 4.98 Å². The Bertz CT molecular complexity index is 479. The second-order valence-corrected chi connectivity index (χ2v) is 4.57. The standard InChI is InChI=1S/C14H17NO/c1-10(2)9-14(16)13-8-7-11-5-3-4-6-12(11)15-13/h3-8,10,14,16H,9H2,1-2H3. The van der Waals surface area contributed by atoms with Crippen LogP contribution in [-0.4, -0.2) is 10.1 Å². The number of para-hydroxylation sites is 1. The summed E-state index contributed by atoms with van der Waals surface area (Å²) in [4.78, 5) is 4.48. The van der Waals surface area contributed by atoms with Crippen molar-refractivity contribution in [2.45, 2.75) is 26.4 Å². The minimum absolute atomic E-state index is 0.454. The van der Waals surface area contributed by atoms with Crippen molar-refractivity contribution in [1.29, 1.82) is 0 Å². The summed E-state index contributed by atoms with van der Waals surface area (Å²) >= 11 is 0. The molecule has 0 aliphatic heterocycles. The predicted octanol–water partition coefficient (Wildman–Crippen LogP) is 3.31. The van der Waals surface area contributed by atoms with E-state index >= 15 is 0 Å². The molecule has 1 heterocycles. The van der Waals surface area contributed by atoms with Gasteiger partial charge in [-0.05, 0) is 24.5 Å². The molecule has 2 nitrogen and oxygen atoms in total. The third-order valence-electron chi connectivity index (χ3n) is 2.66. The van der Waals surface area contributed by atoms with E-state index in [0.29, 0.717) is 5.92 Å². The average Bonchev–Trinajstić information content (AvgIpc) is 2.27. The zero-order valence-corrected chi connectivity index (χ0v) is 9.72. The van der Waals surface area contributed by atoms with Crippen LogP contribution in [0.4, 0.5) is 0 Å². The van der Waals surface area contributed by atoms with Crippen molar-refractivity contribution in [2.75, 3.05) is 0 Å². The predicted molar refractivity (Wildman–Crippen MR) is 66.2 cm³/mol. The molecule has 0 aliphatic rings. The molecule has 0 saturated heterocycles. The molecule has 0 spiro atoms. The van der Waals surface area contributed by atoms with Crippen LogP contribution in [0.2, 0.25) is 0 Å². The van der Waals surface area contributed by atoms with Gasteiger partial charge in [-0.25, -0.2) is 0 Å². The second kappa shape index (κ2) is 4.62. The fourth-order valence-corrected chi connectivity index (χ4v) is 1.83. The molecule has 1 unspecified atom stereocenters. The largest absolute Gasteiger partial charge is 0.387 e. The van der Waals surface area contributed by atoms with Crippen molar-refractivity contribution < 1.29 is 5.11 Å². The molecule has 2 rings (SSSR count). The lowest BCUT2D eigenvalue weighted by atomic mass is 10.0. The molecule has 1 atom stereocenters. The molecule has 2 aromatic rings. The highest BCUT2D eigenvalue weighted by Crippen LogP contribution is 2.21. The first kappa shape index (κ1) is 11.1. The normalized spacial score (nSPS) is 13.2. The molecule has 84 valence electrons. The van der Waals surface area contributed by atoms with E-state index in [4.69, 9.17) is 0 Å². The average molecular weight is 215 g/mol. The number of hydrogen-bond donors (Lipinski definition) is 1.